The van der Waals surface area contributed by atoms with Gasteiger partial charge in [0.1, 0.15) is 34.5 Å². The van der Waals surface area contributed by atoms with Crippen LogP contribution in [0.5, 0.6) is 11.6 Å². The van der Waals surface area contributed by atoms with E-state index >= 15 is 0 Å². The molecule has 8 aromatic rings. The van der Waals surface area contributed by atoms with E-state index in [0.717, 1.165) is 40.3 Å². The molecule has 0 fully saturated rings. The normalized spacial score (nSPS) is 12.3. The van der Waals surface area contributed by atoms with E-state index in [1.807, 2.05) is 42.5 Å². The van der Waals surface area contributed by atoms with E-state index in [9.17, 15) is 46.2 Å². The number of nitrogens with zero attached hydrogens (tertiary/aromatic N) is 10. The fourth-order valence-electron chi connectivity index (χ4n) is 6.78. The minimum atomic E-state index is -4.72. The van der Waals surface area contributed by atoms with Crippen molar-refractivity contribution in [2.45, 2.75) is 25.2 Å². The number of nitriles is 1. The van der Waals surface area contributed by atoms with Gasteiger partial charge in [0.2, 0.25) is 11.0 Å². The highest BCUT2D eigenvalue weighted by Crippen LogP contribution is 2.44. The van der Waals surface area contributed by atoms with Crippen LogP contribution in [0.15, 0.2) is 133 Å². The molecule has 4 N–H and O–H groups in total. The van der Waals surface area contributed by atoms with Gasteiger partial charge in [-0.1, -0.05) is 59.9 Å². The second-order valence-electron chi connectivity index (χ2n) is 14.4. The quantitative estimate of drug-likeness (QED) is 0.0448. The van der Waals surface area contributed by atoms with E-state index in [1.54, 1.807) is 44.2 Å². The SMILES string of the molecule is Cc1cc(N=Nc2c(C)c(C#N)c3nc4ccccc4n3c2O)c(OCCCS(=O)(=O)O)cc1N=Nc1nc(-c2ccc3ccccc3c2)c(N=Nc2ccc(S(=O)(=O)O)cc2C(=O)O)s1. The van der Waals surface area contributed by atoms with Gasteiger partial charge in [-0.25, -0.2) is 14.8 Å². The summed E-state index contributed by atoms with van der Waals surface area (Å²) in [4.78, 5) is 20.6. The van der Waals surface area contributed by atoms with Crippen LogP contribution in [-0.2, 0) is 20.2 Å². The lowest BCUT2D eigenvalue weighted by atomic mass is 10.1. The van der Waals surface area contributed by atoms with Gasteiger partial charge in [-0.15, -0.1) is 30.7 Å². The number of azo groups is 3. The molecule has 0 radical (unpaired) electrons. The number of fused-ring (bicyclic) bond motifs is 4. The number of benzene rings is 5. The molecule has 3 heterocycles. The predicted molar refractivity (Wildman–Crippen MR) is 242 cm³/mol. The van der Waals surface area contributed by atoms with Crippen LogP contribution in [0, 0.1) is 25.2 Å². The zero-order valence-electron chi connectivity index (χ0n) is 34.3. The number of thiazole rings is 1. The Morgan fingerprint density at radius 3 is 2.29 bits per heavy atom. The molecule has 0 unspecified atom stereocenters. The largest absolute Gasteiger partial charge is 0.493 e. The topological polar surface area (TPSA) is 304 Å². The van der Waals surface area contributed by atoms with Crippen LogP contribution < -0.4 is 4.74 Å². The van der Waals surface area contributed by atoms with E-state index in [1.165, 1.54) is 10.5 Å². The number of rotatable bonds is 14. The summed E-state index contributed by atoms with van der Waals surface area (Å²) in [6.07, 6.45) is -0.0947. The van der Waals surface area contributed by atoms with Crippen molar-refractivity contribution in [1.82, 2.24) is 14.4 Å². The summed E-state index contributed by atoms with van der Waals surface area (Å²) in [5, 5.41) is 59.4. The standard InChI is InChI=1S/C43H32N10O10S3/c1-23-18-34(49-50-37-24(2)30(22-44)39-45-32-10-5-6-11-35(32)53(39)41(37)54)36(63-16-7-17-65(57,58)59)21-33(23)48-52-43-46-38(27-13-12-25-8-3-4-9-26(25)19-27)40(64-43)51-47-31-15-14-28(66(60,61)62)20-29(31)42(55)56/h3-6,8-15,18-21,54H,7,16-17H2,1-2H3,(H,55,56)(H,57,58,59)(H,60,61,62). The van der Waals surface area contributed by atoms with Crippen LogP contribution in [-0.4, -0.2) is 68.9 Å². The molecule has 332 valence electrons. The maximum absolute atomic E-state index is 12.1. The summed E-state index contributed by atoms with van der Waals surface area (Å²) in [6, 6.07) is 28.2. The lowest BCUT2D eigenvalue weighted by Gasteiger charge is -2.11. The zero-order valence-corrected chi connectivity index (χ0v) is 36.7. The molecule has 0 aliphatic carbocycles. The monoisotopic (exact) mass is 944 g/mol. The Hall–Kier alpha value is -7.88. The van der Waals surface area contributed by atoms with Gasteiger partial charge in [0.05, 0.1) is 39.5 Å². The Balaban J connectivity index is 1.18. The van der Waals surface area contributed by atoms with Crippen molar-refractivity contribution in [3.05, 3.63) is 119 Å². The average molecular weight is 945 g/mol. The van der Waals surface area contributed by atoms with Gasteiger partial charge in [0, 0.05) is 17.2 Å². The molecular weight excluding hydrogens is 913 g/mol. The molecular formula is C43H32N10O10S3. The first-order valence-electron chi connectivity index (χ1n) is 19.3. The molecule has 0 saturated heterocycles. The fourth-order valence-corrected chi connectivity index (χ4v) is 8.50. The molecule has 66 heavy (non-hydrogen) atoms. The number of ether oxygens (including phenoxy) is 1. The minimum Gasteiger partial charge on any atom is -0.493 e. The van der Waals surface area contributed by atoms with Crippen LogP contribution in [0.3, 0.4) is 0 Å². The third kappa shape index (κ3) is 9.34. The summed E-state index contributed by atoms with van der Waals surface area (Å²) in [5.74, 6) is -2.35. The number of imidazole rings is 1. The van der Waals surface area contributed by atoms with Gasteiger partial charge in [-0.3, -0.25) is 13.5 Å². The Morgan fingerprint density at radius 2 is 1.55 bits per heavy atom. The summed E-state index contributed by atoms with van der Waals surface area (Å²) < 4.78 is 72.4. The van der Waals surface area contributed by atoms with E-state index < -0.39 is 42.4 Å². The highest BCUT2D eigenvalue weighted by atomic mass is 32.2. The van der Waals surface area contributed by atoms with E-state index in [0.29, 0.717) is 33.4 Å². The number of hydrogen-bond acceptors (Lipinski definition) is 17. The molecule has 3 aromatic heterocycles. The van der Waals surface area contributed by atoms with Gasteiger partial charge < -0.3 is 14.9 Å². The van der Waals surface area contributed by atoms with Crippen LogP contribution in [0.2, 0.25) is 0 Å². The number of pyridine rings is 1. The second kappa shape index (κ2) is 17.9. The molecule has 0 saturated carbocycles. The number of para-hydroxylation sites is 2. The zero-order chi connectivity index (χ0) is 46.9. The number of carboxylic acids is 1. The molecule has 0 amide bonds. The molecule has 0 aliphatic heterocycles. The second-order valence-corrected chi connectivity index (χ2v) is 18.4. The molecule has 0 aliphatic rings. The van der Waals surface area contributed by atoms with Gasteiger partial charge in [0.15, 0.2) is 16.3 Å². The molecule has 23 heteroatoms. The van der Waals surface area contributed by atoms with Crippen LogP contribution in [0.4, 0.5) is 32.9 Å². The Morgan fingerprint density at radius 1 is 0.818 bits per heavy atom. The Bertz CT molecular complexity index is 3660. The number of carboxylic acid groups (broad SMARTS) is 1. The summed E-state index contributed by atoms with van der Waals surface area (Å²) in [6.45, 7) is 3.11. The third-order valence-electron chi connectivity index (χ3n) is 10.00. The number of aromatic hydroxyl groups is 1. The first-order valence-corrected chi connectivity index (χ1v) is 23.2. The highest BCUT2D eigenvalue weighted by molar-refractivity contribution is 7.86. The minimum absolute atomic E-state index is 0.0193. The van der Waals surface area contributed by atoms with Crippen molar-refractivity contribution in [1.29, 1.82) is 5.26 Å². The predicted octanol–water partition coefficient (Wildman–Crippen LogP) is 10.8. The summed E-state index contributed by atoms with van der Waals surface area (Å²) >= 11 is 0.952. The molecule has 0 atom stereocenters. The lowest BCUT2D eigenvalue weighted by molar-refractivity contribution is 0.0697. The molecule has 20 nitrogen and oxygen atoms in total. The van der Waals surface area contributed by atoms with E-state index in [-0.39, 0.29) is 68.8 Å². The van der Waals surface area contributed by atoms with Gasteiger partial charge >= 0.3 is 5.97 Å². The molecule has 0 bridgehead atoms. The number of aryl methyl sites for hydroxylation is 1. The average Bonchev–Trinajstić information content (AvgIpc) is 3.88. The van der Waals surface area contributed by atoms with Crippen molar-refractivity contribution in [3.63, 3.8) is 0 Å². The molecule has 5 aromatic carbocycles. The first-order chi connectivity index (χ1) is 31.5. The Labute approximate surface area is 378 Å². The van der Waals surface area contributed by atoms with Crippen LogP contribution in [0.1, 0.15) is 33.5 Å². The maximum atomic E-state index is 12.1. The van der Waals surface area contributed by atoms with Crippen molar-refractivity contribution in [2.24, 2.45) is 30.7 Å². The summed E-state index contributed by atoms with van der Waals surface area (Å²) in [5.41, 5.74) is 2.84. The smallest absolute Gasteiger partial charge is 0.338 e. The number of hydrogen-bond donors (Lipinski definition) is 4. The summed E-state index contributed by atoms with van der Waals surface area (Å²) in [7, 11) is -9.01. The molecule has 0 spiro atoms. The molecule has 8 rings (SSSR count). The van der Waals surface area contributed by atoms with Gasteiger partial charge in [-0.05, 0) is 79.1 Å². The van der Waals surface area contributed by atoms with Crippen molar-refractivity contribution < 1.29 is 45.7 Å². The number of aromatic nitrogens is 3. The van der Waals surface area contributed by atoms with E-state index in [2.05, 4.69) is 46.7 Å². The third-order valence-corrected chi connectivity index (χ3v) is 12.5. The van der Waals surface area contributed by atoms with E-state index in [4.69, 9.17) is 4.74 Å². The van der Waals surface area contributed by atoms with Gasteiger partial charge in [0.25, 0.3) is 20.2 Å². The first kappa shape index (κ1) is 44.7. The highest BCUT2D eigenvalue weighted by Gasteiger charge is 2.22. The number of carbonyl (C=O) groups is 1. The Kier molecular flexibility index (Phi) is 12.2. The van der Waals surface area contributed by atoms with Crippen molar-refractivity contribution >= 4 is 97.9 Å². The maximum Gasteiger partial charge on any atom is 0.338 e. The van der Waals surface area contributed by atoms with Crippen LogP contribution >= 0.6 is 11.3 Å². The van der Waals surface area contributed by atoms with Crippen molar-refractivity contribution in [3.8, 4) is 29.0 Å². The lowest BCUT2D eigenvalue weighted by Crippen LogP contribution is -2.08. The fraction of sp³-hybridized carbons (Fsp3) is 0.116. The number of aromatic carboxylic acids is 1. The van der Waals surface area contributed by atoms with Gasteiger partial charge in [-0.2, -0.15) is 22.1 Å². The van der Waals surface area contributed by atoms with Crippen LogP contribution in [0.25, 0.3) is 38.7 Å². The van der Waals surface area contributed by atoms with Crippen molar-refractivity contribution in [2.75, 3.05) is 12.4 Å².